The average molecular weight is 522 g/mol. The number of nitrogens with one attached hydrogen (secondary N) is 1. The number of hydrazone groups is 1. The van der Waals surface area contributed by atoms with Gasteiger partial charge in [-0.1, -0.05) is 23.7 Å². The molecular formula is C27H28ClN5O2S. The quantitative estimate of drug-likeness (QED) is 0.260. The van der Waals surface area contributed by atoms with Gasteiger partial charge in [0.05, 0.1) is 23.6 Å². The molecule has 2 N–H and O–H groups in total. The highest BCUT2D eigenvalue weighted by Crippen LogP contribution is 2.30. The first-order chi connectivity index (χ1) is 17.5. The molecule has 0 bridgehead atoms. The molecule has 1 amide bonds. The number of aliphatic hydroxyl groups excluding tert-OH is 1. The molecule has 0 unspecified atom stereocenters. The predicted octanol–water partition coefficient (Wildman–Crippen LogP) is 5.16. The number of piperidine rings is 1. The maximum Gasteiger partial charge on any atom is 0.273 e. The van der Waals surface area contributed by atoms with Crippen molar-refractivity contribution in [1.82, 2.24) is 19.9 Å². The van der Waals surface area contributed by atoms with Crippen molar-refractivity contribution >= 4 is 46.0 Å². The predicted molar refractivity (Wildman–Crippen MR) is 146 cm³/mol. The zero-order chi connectivity index (χ0) is 25.1. The average Bonchev–Trinajstić information content (AvgIpc) is 3.51. The Bertz CT molecular complexity index is 1390. The number of nitrogens with zero attached hydrogens (tertiary/aromatic N) is 4. The fourth-order valence-electron chi connectivity index (χ4n) is 4.47. The number of fused-ring (bicyclic) bond motifs is 1. The van der Waals surface area contributed by atoms with Crippen molar-refractivity contribution in [2.75, 3.05) is 13.1 Å². The summed E-state index contributed by atoms with van der Waals surface area (Å²) in [6.07, 6.45) is 4.93. The minimum absolute atomic E-state index is 0.177. The minimum Gasteiger partial charge on any atom is -0.393 e. The summed E-state index contributed by atoms with van der Waals surface area (Å²) in [4.78, 5) is 20.2. The van der Waals surface area contributed by atoms with Gasteiger partial charge >= 0.3 is 0 Å². The summed E-state index contributed by atoms with van der Waals surface area (Å²) < 4.78 is 2.06. The van der Waals surface area contributed by atoms with Gasteiger partial charge in [0.1, 0.15) is 5.01 Å². The molecule has 2 aromatic heterocycles. The van der Waals surface area contributed by atoms with Gasteiger partial charge in [0, 0.05) is 59.2 Å². The van der Waals surface area contributed by atoms with Crippen LogP contribution in [0, 0.1) is 0 Å². The molecule has 4 aromatic rings. The molecule has 1 aliphatic heterocycles. The molecule has 5 rings (SSSR count). The number of aromatic nitrogens is 2. The van der Waals surface area contributed by atoms with Gasteiger partial charge in [0.2, 0.25) is 0 Å². The van der Waals surface area contributed by atoms with Crippen LogP contribution in [0.15, 0.2) is 59.1 Å². The maximum atomic E-state index is 13.0. The maximum absolute atomic E-state index is 13.0. The fourth-order valence-corrected chi connectivity index (χ4v) is 5.40. The van der Waals surface area contributed by atoms with Crippen molar-refractivity contribution in [2.24, 2.45) is 5.10 Å². The van der Waals surface area contributed by atoms with E-state index < -0.39 is 0 Å². The molecule has 1 aliphatic rings. The highest BCUT2D eigenvalue weighted by atomic mass is 35.5. The first-order valence-electron chi connectivity index (χ1n) is 12.1. The van der Waals surface area contributed by atoms with Gasteiger partial charge in [0.15, 0.2) is 0 Å². The van der Waals surface area contributed by atoms with Crippen LogP contribution in [-0.4, -0.2) is 50.9 Å². The topological polar surface area (TPSA) is 82.8 Å². The lowest BCUT2D eigenvalue weighted by molar-refractivity contribution is 0.0787. The molecule has 3 heterocycles. The SMILES string of the molecule is CCn1cc(C(=O)N/N=C/c2ccc(Cl)cc2)c2cc(-c3nc(CN4CCC(O)CC4)cs3)ccc21. The van der Waals surface area contributed by atoms with Crippen LogP contribution in [0.5, 0.6) is 0 Å². The molecule has 7 nitrogen and oxygen atoms in total. The van der Waals surface area contributed by atoms with Gasteiger partial charge in [-0.3, -0.25) is 9.69 Å². The van der Waals surface area contributed by atoms with Crippen LogP contribution in [0.25, 0.3) is 21.5 Å². The van der Waals surface area contributed by atoms with Crippen LogP contribution >= 0.6 is 22.9 Å². The van der Waals surface area contributed by atoms with E-state index in [1.807, 2.05) is 24.4 Å². The Morgan fingerprint density at radius 1 is 1.25 bits per heavy atom. The molecule has 36 heavy (non-hydrogen) atoms. The normalized spacial score (nSPS) is 15.2. The first kappa shape index (κ1) is 24.6. The molecule has 0 radical (unpaired) electrons. The Morgan fingerprint density at radius 3 is 2.78 bits per heavy atom. The van der Waals surface area contributed by atoms with E-state index in [2.05, 4.69) is 44.4 Å². The highest BCUT2D eigenvalue weighted by molar-refractivity contribution is 7.13. The largest absolute Gasteiger partial charge is 0.393 e. The van der Waals surface area contributed by atoms with Gasteiger partial charge < -0.3 is 9.67 Å². The summed E-state index contributed by atoms with van der Waals surface area (Å²) >= 11 is 7.54. The van der Waals surface area contributed by atoms with Crippen molar-refractivity contribution in [3.8, 4) is 10.6 Å². The van der Waals surface area contributed by atoms with E-state index in [0.717, 1.165) is 71.8 Å². The molecule has 1 fully saturated rings. The smallest absolute Gasteiger partial charge is 0.273 e. The second-order valence-corrected chi connectivity index (χ2v) is 10.3. The Labute approximate surface area is 219 Å². The molecule has 0 atom stereocenters. The Kier molecular flexibility index (Phi) is 7.48. The Hall–Kier alpha value is -3.04. The fraction of sp³-hybridized carbons (Fsp3) is 0.296. The third-order valence-corrected chi connectivity index (χ3v) is 7.65. The summed E-state index contributed by atoms with van der Waals surface area (Å²) in [6, 6.07) is 13.4. The zero-order valence-electron chi connectivity index (χ0n) is 20.0. The molecule has 1 saturated heterocycles. The van der Waals surface area contributed by atoms with Crippen molar-refractivity contribution in [3.63, 3.8) is 0 Å². The first-order valence-corrected chi connectivity index (χ1v) is 13.3. The molecule has 2 aromatic carbocycles. The number of aryl methyl sites for hydroxylation is 1. The van der Waals surface area contributed by atoms with E-state index in [4.69, 9.17) is 16.6 Å². The van der Waals surface area contributed by atoms with Crippen LogP contribution < -0.4 is 5.43 Å². The van der Waals surface area contributed by atoms with Crippen LogP contribution in [0.2, 0.25) is 5.02 Å². The molecule has 0 aliphatic carbocycles. The van der Waals surface area contributed by atoms with E-state index in [9.17, 15) is 9.90 Å². The zero-order valence-corrected chi connectivity index (χ0v) is 21.6. The van der Waals surface area contributed by atoms with Crippen LogP contribution in [-0.2, 0) is 13.1 Å². The third-order valence-electron chi connectivity index (χ3n) is 6.46. The number of likely N-dealkylation sites (tertiary alicyclic amines) is 1. The van der Waals surface area contributed by atoms with Gasteiger partial charge in [-0.05, 0) is 55.7 Å². The van der Waals surface area contributed by atoms with E-state index in [1.165, 1.54) is 0 Å². The lowest BCUT2D eigenvalue weighted by Crippen LogP contribution is -2.35. The summed E-state index contributed by atoms with van der Waals surface area (Å²) in [5.41, 5.74) is 7.09. The number of aliphatic hydroxyl groups is 1. The van der Waals surface area contributed by atoms with E-state index in [-0.39, 0.29) is 12.0 Å². The summed E-state index contributed by atoms with van der Waals surface area (Å²) in [5, 5.41) is 18.4. The summed E-state index contributed by atoms with van der Waals surface area (Å²) in [7, 11) is 0. The number of amides is 1. The molecule has 0 spiro atoms. The van der Waals surface area contributed by atoms with Crippen molar-refractivity contribution in [3.05, 3.63) is 75.9 Å². The molecule has 0 saturated carbocycles. The van der Waals surface area contributed by atoms with E-state index >= 15 is 0 Å². The number of hydrogen-bond acceptors (Lipinski definition) is 6. The van der Waals surface area contributed by atoms with E-state index in [0.29, 0.717) is 10.6 Å². The Morgan fingerprint density at radius 2 is 2.03 bits per heavy atom. The lowest BCUT2D eigenvalue weighted by Gasteiger charge is -2.28. The van der Waals surface area contributed by atoms with E-state index in [1.54, 1.807) is 29.7 Å². The minimum atomic E-state index is -0.262. The number of hydrogen-bond donors (Lipinski definition) is 2. The molecule has 186 valence electrons. The van der Waals surface area contributed by atoms with Crippen molar-refractivity contribution in [2.45, 2.75) is 39.0 Å². The number of carbonyl (C=O) groups excluding carboxylic acids is 1. The van der Waals surface area contributed by atoms with Crippen molar-refractivity contribution in [1.29, 1.82) is 0 Å². The number of rotatable bonds is 7. The number of halogens is 1. The standard InChI is InChI=1S/C27H28ClN5O2S/c1-2-33-16-24(26(35)31-29-14-18-3-6-20(28)7-4-18)23-13-19(5-8-25(23)33)27-30-21(17-36-27)15-32-11-9-22(34)10-12-32/h3-8,13-14,16-17,22,34H,2,9-12,15H2,1H3,(H,31,35)/b29-14+. The van der Waals surface area contributed by atoms with Gasteiger partial charge in [-0.2, -0.15) is 5.10 Å². The van der Waals surface area contributed by atoms with Crippen molar-refractivity contribution < 1.29 is 9.90 Å². The molecular weight excluding hydrogens is 494 g/mol. The number of benzene rings is 2. The lowest BCUT2D eigenvalue weighted by atomic mass is 10.1. The van der Waals surface area contributed by atoms with Gasteiger partial charge in [-0.25, -0.2) is 10.4 Å². The second-order valence-electron chi connectivity index (χ2n) is 8.96. The third kappa shape index (κ3) is 5.52. The highest BCUT2D eigenvalue weighted by Gasteiger charge is 2.19. The summed E-state index contributed by atoms with van der Waals surface area (Å²) in [6.45, 7) is 5.38. The van der Waals surface area contributed by atoms with Crippen LogP contribution in [0.1, 0.15) is 41.4 Å². The van der Waals surface area contributed by atoms with Crippen LogP contribution in [0.3, 0.4) is 0 Å². The number of carbonyl (C=O) groups is 1. The molecule has 9 heteroatoms. The van der Waals surface area contributed by atoms with Gasteiger partial charge in [-0.15, -0.1) is 11.3 Å². The van der Waals surface area contributed by atoms with Gasteiger partial charge in [0.25, 0.3) is 5.91 Å². The monoisotopic (exact) mass is 521 g/mol. The Balaban J connectivity index is 1.35. The summed E-state index contributed by atoms with van der Waals surface area (Å²) in [5.74, 6) is -0.262. The van der Waals surface area contributed by atoms with Crippen LogP contribution in [0.4, 0.5) is 0 Å². The number of thiazole rings is 1. The second kappa shape index (κ2) is 10.9.